The molecule has 0 bridgehead atoms. The molecule has 3 rings (SSSR count). The smallest absolute Gasteiger partial charge is 0.341 e. The van der Waals surface area contributed by atoms with E-state index in [1.165, 1.54) is 11.0 Å². The fourth-order valence-corrected chi connectivity index (χ4v) is 3.41. The second kappa shape index (κ2) is 8.54. The average Bonchev–Trinajstić information content (AvgIpc) is 2.65. The number of aryl methyl sites for hydroxylation is 1. The van der Waals surface area contributed by atoms with E-state index in [2.05, 4.69) is 21.2 Å². The summed E-state index contributed by atoms with van der Waals surface area (Å²) in [5, 5.41) is 11.2. The third-order valence-electron chi connectivity index (χ3n) is 4.01. The van der Waals surface area contributed by atoms with Gasteiger partial charge in [0.1, 0.15) is 11.3 Å². The topological polar surface area (TPSA) is 95.9 Å². The number of nitrogens with one attached hydrogen (secondary N) is 1. The highest BCUT2D eigenvalue weighted by molar-refractivity contribution is 9.10. The number of anilines is 1. The lowest BCUT2D eigenvalue weighted by molar-refractivity contribution is -0.139. The summed E-state index contributed by atoms with van der Waals surface area (Å²) in [6.45, 7) is 1.44. The van der Waals surface area contributed by atoms with E-state index in [9.17, 15) is 14.4 Å². The maximum atomic E-state index is 13.0. The number of carbonyl (C=O) groups excluding carboxylic acids is 2. The quantitative estimate of drug-likeness (QED) is 0.392. The summed E-state index contributed by atoms with van der Waals surface area (Å²) in [5.74, 6) is -1.90. The summed E-state index contributed by atoms with van der Waals surface area (Å²) in [4.78, 5) is 37.2. The zero-order valence-electron chi connectivity index (χ0n) is 15.1. The summed E-state index contributed by atoms with van der Waals surface area (Å²) in [6, 6.07) is 12.0. The number of carboxylic acids is 1. The molecule has 1 aliphatic rings. The van der Waals surface area contributed by atoms with Crippen LogP contribution < -0.4 is 15.0 Å². The molecule has 7 nitrogen and oxygen atoms in total. The van der Waals surface area contributed by atoms with Crippen LogP contribution in [0.3, 0.4) is 0 Å². The fourth-order valence-electron chi connectivity index (χ4n) is 2.62. The Morgan fingerprint density at radius 3 is 2.55 bits per heavy atom. The van der Waals surface area contributed by atoms with Gasteiger partial charge in [0.2, 0.25) is 0 Å². The van der Waals surface area contributed by atoms with Crippen LogP contribution in [0, 0.1) is 6.92 Å². The summed E-state index contributed by atoms with van der Waals surface area (Å²) >= 11 is 8.47. The van der Waals surface area contributed by atoms with Gasteiger partial charge in [0, 0.05) is 0 Å². The predicted molar refractivity (Wildman–Crippen MR) is 115 cm³/mol. The number of ether oxygens (including phenoxy) is 1. The van der Waals surface area contributed by atoms with Crippen molar-refractivity contribution < 1.29 is 24.2 Å². The molecule has 0 aliphatic carbocycles. The molecule has 0 atom stereocenters. The van der Waals surface area contributed by atoms with Gasteiger partial charge >= 0.3 is 5.97 Å². The zero-order chi connectivity index (χ0) is 21.1. The molecule has 2 N–H and O–H groups in total. The van der Waals surface area contributed by atoms with Gasteiger partial charge in [0.25, 0.3) is 11.8 Å². The van der Waals surface area contributed by atoms with Gasteiger partial charge in [-0.3, -0.25) is 19.8 Å². The summed E-state index contributed by atoms with van der Waals surface area (Å²) in [6.07, 6.45) is 1.44. The molecule has 0 unspecified atom stereocenters. The van der Waals surface area contributed by atoms with Gasteiger partial charge in [0.05, 0.1) is 10.2 Å². The minimum atomic E-state index is -1.10. The SMILES string of the molecule is Cc1ccc(N2C(=O)/C(=C\c3ccc(OCC(=O)O)c(Br)c3)C(=O)NC2=S)cc1. The molecule has 1 aliphatic heterocycles. The number of nitrogens with zero attached hydrogens (tertiary/aromatic N) is 1. The molecule has 0 spiro atoms. The molecule has 2 aromatic carbocycles. The molecule has 1 heterocycles. The van der Waals surface area contributed by atoms with Crippen molar-refractivity contribution in [3.8, 4) is 5.75 Å². The highest BCUT2D eigenvalue weighted by Gasteiger charge is 2.34. The molecule has 1 fully saturated rings. The van der Waals surface area contributed by atoms with Gasteiger partial charge in [0.15, 0.2) is 11.7 Å². The highest BCUT2D eigenvalue weighted by Crippen LogP contribution is 2.28. The minimum Gasteiger partial charge on any atom is -0.481 e. The molecule has 0 saturated carbocycles. The number of halogens is 1. The lowest BCUT2D eigenvalue weighted by Gasteiger charge is -2.29. The number of benzene rings is 2. The van der Waals surface area contributed by atoms with E-state index in [-0.39, 0.29) is 10.7 Å². The number of aliphatic carboxylic acids is 1. The number of thiocarbonyl (C=S) groups is 1. The van der Waals surface area contributed by atoms with Gasteiger partial charge in [-0.05, 0) is 71.0 Å². The summed E-state index contributed by atoms with van der Waals surface area (Å²) in [5.41, 5.74) is 2.05. The molecule has 1 saturated heterocycles. The van der Waals surface area contributed by atoms with E-state index in [4.69, 9.17) is 22.1 Å². The Morgan fingerprint density at radius 1 is 1.24 bits per heavy atom. The van der Waals surface area contributed by atoms with Crippen LogP contribution in [0.2, 0.25) is 0 Å². The van der Waals surface area contributed by atoms with Gasteiger partial charge in [-0.2, -0.15) is 0 Å². The van der Waals surface area contributed by atoms with E-state index in [1.807, 2.05) is 19.1 Å². The van der Waals surface area contributed by atoms with E-state index in [0.29, 0.717) is 21.5 Å². The van der Waals surface area contributed by atoms with Crippen LogP contribution in [-0.4, -0.2) is 34.6 Å². The Morgan fingerprint density at radius 2 is 1.93 bits per heavy atom. The Balaban J connectivity index is 1.91. The van der Waals surface area contributed by atoms with Crippen LogP contribution in [0.15, 0.2) is 52.5 Å². The lowest BCUT2D eigenvalue weighted by atomic mass is 10.1. The molecule has 2 aromatic rings. The van der Waals surface area contributed by atoms with E-state index >= 15 is 0 Å². The third-order valence-corrected chi connectivity index (χ3v) is 4.92. The first kappa shape index (κ1) is 20.7. The standard InChI is InChI=1S/C20H15BrN2O5S/c1-11-2-5-13(6-3-11)23-19(27)14(18(26)22-20(23)29)8-12-4-7-16(15(21)9-12)28-10-17(24)25/h2-9H,10H2,1H3,(H,24,25)(H,22,26,29)/b14-8-. The van der Waals surface area contributed by atoms with Crippen LogP contribution in [0.25, 0.3) is 6.08 Å². The largest absolute Gasteiger partial charge is 0.481 e. The number of carbonyl (C=O) groups is 3. The normalized spacial score (nSPS) is 15.4. The van der Waals surface area contributed by atoms with Gasteiger partial charge in [-0.25, -0.2) is 4.79 Å². The first-order chi connectivity index (χ1) is 13.8. The lowest BCUT2D eigenvalue weighted by Crippen LogP contribution is -2.54. The Hall–Kier alpha value is -3.04. The van der Waals surface area contributed by atoms with Crippen molar-refractivity contribution in [1.82, 2.24) is 5.32 Å². The molecule has 9 heteroatoms. The minimum absolute atomic E-state index is 0.0135. The second-order valence-electron chi connectivity index (χ2n) is 6.17. The van der Waals surface area contributed by atoms with Crippen LogP contribution >= 0.6 is 28.1 Å². The summed E-state index contributed by atoms with van der Waals surface area (Å²) in [7, 11) is 0. The molecule has 0 radical (unpaired) electrons. The average molecular weight is 475 g/mol. The molecule has 0 aromatic heterocycles. The highest BCUT2D eigenvalue weighted by atomic mass is 79.9. The first-order valence-corrected chi connectivity index (χ1v) is 9.58. The zero-order valence-corrected chi connectivity index (χ0v) is 17.5. The van der Waals surface area contributed by atoms with E-state index in [1.54, 1.807) is 30.3 Å². The number of amides is 2. The van der Waals surface area contributed by atoms with Gasteiger partial charge in [-0.1, -0.05) is 23.8 Å². The summed E-state index contributed by atoms with van der Waals surface area (Å²) < 4.78 is 5.63. The van der Waals surface area contributed by atoms with Crippen molar-refractivity contribution in [2.45, 2.75) is 6.92 Å². The van der Waals surface area contributed by atoms with Crippen LogP contribution in [0.5, 0.6) is 5.75 Å². The van der Waals surface area contributed by atoms with Crippen molar-refractivity contribution in [3.63, 3.8) is 0 Å². The molecule has 2 amide bonds. The van der Waals surface area contributed by atoms with Gasteiger partial charge in [-0.15, -0.1) is 0 Å². The maximum absolute atomic E-state index is 13.0. The van der Waals surface area contributed by atoms with E-state index in [0.717, 1.165) is 5.56 Å². The fraction of sp³-hybridized carbons (Fsp3) is 0.100. The molecule has 29 heavy (non-hydrogen) atoms. The first-order valence-electron chi connectivity index (χ1n) is 8.38. The molecule has 148 valence electrons. The number of hydrogen-bond donors (Lipinski definition) is 2. The van der Waals surface area contributed by atoms with Crippen molar-refractivity contribution in [1.29, 1.82) is 0 Å². The van der Waals surface area contributed by atoms with Crippen molar-refractivity contribution in [3.05, 3.63) is 63.6 Å². The Labute approximate surface area is 180 Å². The Kier molecular flexibility index (Phi) is 6.09. The van der Waals surface area contributed by atoms with Crippen molar-refractivity contribution in [2.75, 3.05) is 11.5 Å². The van der Waals surface area contributed by atoms with Crippen LogP contribution in [0.1, 0.15) is 11.1 Å². The van der Waals surface area contributed by atoms with Crippen molar-refractivity contribution >= 4 is 62.8 Å². The van der Waals surface area contributed by atoms with Crippen LogP contribution in [0.4, 0.5) is 5.69 Å². The van der Waals surface area contributed by atoms with Crippen LogP contribution in [-0.2, 0) is 14.4 Å². The number of hydrogen-bond acceptors (Lipinski definition) is 5. The number of rotatable bonds is 5. The van der Waals surface area contributed by atoms with Crippen molar-refractivity contribution in [2.24, 2.45) is 0 Å². The maximum Gasteiger partial charge on any atom is 0.341 e. The molecular weight excluding hydrogens is 460 g/mol. The monoisotopic (exact) mass is 474 g/mol. The molecular formula is C20H15BrN2O5S. The second-order valence-corrected chi connectivity index (χ2v) is 7.41. The number of carboxylic acid groups (broad SMARTS) is 1. The third kappa shape index (κ3) is 4.69. The predicted octanol–water partition coefficient (Wildman–Crippen LogP) is 3.05. The Bertz CT molecular complexity index is 1050. The van der Waals surface area contributed by atoms with Gasteiger partial charge < -0.3 is 9.84 Å². The van der Waals surface area contributed by atoms with E-state index < -0.39 is 24.4 Å².